The molecule has 1 unspecified atom stereocenters. The summed E-state index contributed by atoms with van der Waals surface area (Å²) >= 11 is 0. The number of benzene rings is 2. The zero-order chi connectivity index (χ0) is 20.8. The fourth-order valence-electron chi connectivity index (χ4n) is 3.56. The summed E-state index contributed by atoms with van der Waals surface area (Å²) in [7, 11) is 0. The van der Waals surface area contributed by atoms with Gasteiger partial charge in [-0.05, 0) is 30.4 Å². The van der Waals surface area contributed by atoms with Gasteiger partial charge in [-0.3, -0.25) is 9.59 Å². The van der Waals surface area contributed by atoms with Crippen molar-refractivity contribution in [3.63, 3.8) is 0 Å². The molecular weight excluding hydrogens is 378 g/mol. The maximum atomic E-state index is 12.8. The average Bonchev–Trinajstić information content (AvgIpc) is 3.18. The highest BCUT2D eigenvalue weighted by atomic mass is 16.2. The molecule has 30 heavy (non-hydrogen) atoms. The van der Waals surface area contributed by atoms with E-state index in [1.54, 1.807) is 0 Å². The molecule has 0 bridgehead atoms. The number of H-pyrrole nitrogens is 1. The summed E-state index contributed by atoms with van der Waals surface area (Å²) in [6, 6.07) is 20.2. The van der Waals surface area contributed by atoms with E-state index in [0.29, 0.717) is 11.0 Å². The normalized spacial score (nSPS) is 12.0. The molecule has 1 atom stereocenters. The topological polar surface area (TPSA) is 92.7 Å². The number of carbonyl (C=O) groups excluding carboxylic acids is 1. The Kier molecular flexibility index (Phi) is 5.98. The van der Waals surface area contributed by atoms with Crippen LogP contribution in [0.25, 0.3) is 11.0 Å². The number of hydrogen-bond donors (Lipinski definition) is 2. The molecule has 1 amide bonds. The molecule has 2 heterocycles. The summed E-state index contributed by atoms with van der Waals surface area (Å²) in [5, 5.41) is 7.64. The summed E-state index contributed by atoms with van der Waals surface area (Å²) in [6.45, 7) is 0.00196. The second kappa shape index (κ2) is 9.17. The van der Waals surface area contributed by atoms with Crippen LogP contribution in [0.15, 0.2) is 78.0 Å². The van der Waals surface area contributed by atoms with Crippen molar-refractivity contribution in [2.45, 2.75) is 31.8 Å². The first-order valence-corrected chi connectivity index (χ1v) is 9.98. The SMILES string of the molecule is O=C(Cn1ncc2c(=O)[nH]cnc21)NC(CCCc1ccccc1)c1ccccc1. The van der Waals surface area contributed by atoms with Gasteiger partial charge >= 0.3 is 0 Å². The molecule has 0 fully saturated rings. The van der Waals surface area contributed by atoms with Crippen molar-refractivity contribution in [3.8, 4) is 0 Å². The molecular formula is C23H23N5O2. The minimum atomic E-state index is -0.269. The molecule has 0 aliphatic heterocycles. The Morgan fingerprint density at radius 2 is 1.80 bits per heavy atom. The standard InChI is InChI=1S/C23H23N5O2/c29-21(15-28-22-19(14-26-28)23(30)25-16-24-22)27-20(18-11-5-2-6-12-18)13-7-10-17-8-3-1-4-9-17/h1-6,8-9,11-12,14,16,20H,7,10,13,15H2,(H,27,29)(H,24,25,30). The Hall–Kier alpha value is -3.74. The van der Waals surface area contributed by atoms with Gasteiger partial charge in [0.15, 0.2) is 5.65 Å². The van der Waals surface area contributed by atoms with Crippen molar-refractivity contribution < 1.29 is 4.79 Å². The van der Waals surface area contributed by atoms with Gasteiger partial charge in [0.1, 0.15) is 11.9 Å². The van der Waals surface area contributed by atoms with Crippen LogP contribution < -0.4 is 10.9 Å². The lowest BCUT2D eigenvalue weighted by Gasteiger charge is -2.19. The first kappa shape index (κ1) is 19.6. The van der Waals surface area contributed by atoms with Crippen molar-refractivity contribution >= 4 is 16.9 Å². The molecule has 7 nitrogen and oxygen atoms in total. The van der Waals surface area contributed by atoms with E-state index < -0.39 is 0 Å². The molecule has 0 spiro atoms. The zero-order valence-corrected chi connectivity index (χ0v) is 16.5. The summed E-state index contributed by atoms with van der Waals surface area (Å²) < 4.78 is 1.45. The highest BCUT2D eigenvalue weighted by molar-refractivity contribution is 5.79. The molecule has 0 saturated heterocycles. The van der Waals surface area contributed by atoms with Crippen LogP contribution >= 0.6 is 0 Å². The third-order valence-corrected chi connectivity index (χ3v) is 5.07. The predicted molar refractivity (Wildman–Crippen MR) is 115 cm³/mol. The lowest BCUT2D eigenvalue weighted by atomic mass is 9.99. The third-order valence-electron chi connectivity index (χ3n) is 5.07. The Morgan fingerprint density at radius 1 is 1.07 bits per heavy atom. The molecule has 7 heteroatoms. The monoisotopic (exact) mass is 401 g/mol. The molecule has 2 aromatic heterocycles. The molecule has 152 valence electrons. The van der Waals surface area contributed by atoms with E-state index in [4.69, 9.17) is 0 Å². The molecule has 0 aliphatic carbocycles. The predicted octanol–water partition coefficient (Wildman–Crippen LogP) is 3.00. The van der Waals surface area contributed by atoms with Crippen molar-refractivity contribution in [3.05, 3.63) is 94.7 Å². The Morgan fingerprint density at radius 3 is 2.57 bits per heavy atom. The van der Waals surface area contributed by atoms with E-state index in [1.165, 1.54) is 22.8 Å². The van der Waals surface area contributed by atoms with Crippen LogP contribution in [0.3, 0.4) is 0 Å². The van der Waals surface area contributed by atoms with Gasteiger partial charge in [0, 0.05) is 0 Å². The second-order valence-electron chi connectivity index (χ2n) is 7.18. The largest absolute Gasteiger partial charge is 0.348 e. The fourth-order valence-corrected chi connectivity index (χ4v) is 3.56. The second-order valence-corrected chi connectivity index (χ2v) is 7.18. The van der Waals surface area contributed by atoms with Crippen molar-refractivity contribution in [2.24, 2.45) is 0 Å². The van der Waals surface area contributed by atoms with Gasteiger partial charge in [-0.2, -0.15) is 5.10 Å². The number of nitrogens with zero attached hydrogens (tertiary/aromatic N) is 3. The number of fused-ring (bicyclic) bond motifs is 1. The highest BCUT2D eigenvalue weighted by Gasteiger charge is 2.16. The van der Waals surface area contributed by atoms with E-state index in [-0.39, 0.29) is 24.1 Å². The summed E-state index contributed by atoms with van der Waals surface area (Å²) in [6.07, 6.45) is 5.48. The van der Waals surface area contributed by atoms with Crippen LogP contribution in [-0.4, -0.2) is 25.7 Å². The van der Waals surface area contributed by atoms with Crippen molar-refractivity contribution in [2.75, 3.05) is 0 Å². The molecule has 4 rings (SSSR count). The van der Waals surface area contributed by atoms with Gasteiger partial charge in [-0.15, -0.1) is 0 Å². The van der Waals surface area contributed by atoms with Crippen molar-refractivity contribution in [1.29, 1.82) is 0 Å². The van der Waals surface area contributed by atoms with Gasteiger partial charge in [-0.1, -0.05) is 60.7 Å². The number of hydrogen-bond acceptors (Lipinski definition) is 4. The Labute approximate surface area is 173 Å². The third kappa shape index (κ3) is 4.63. The first-order valence-electron chi connectivity index (χ1n) is 9.98. The molecule has 0 aliphatic rings. The van der Waals surface area contributed by atoms with Gasteiger partial charge < -0.3 is 10.3 Å². The number of amides is 1. The fraction of sp³-hybridized carbons (Fsp3) is 0.217. The van der Waals surface area contributed by atoms with Gasteiger partial charge in [0.2, 0.25) is 5.91 Å². The Bertz CT molecular complexity index is 1170. The zero-order valence-electron chi connectivity index (χ0n) is 16.5. The lowest BCUT2D eigenvalue weighted by Crippen LogP contribution is -2.32. The number of aryl methyl sites for hydroxylation is 1. The van der Waals surface area contributed by atoms with Crippen LogP contribution in [0.1, 0.15) is 30.0 Å². The summed E-state index contributed by atoms with van der Waals surface area (Å²) in [5.41, 5.74) is 2.48. The van der Waals surface area contributed by atoms with Crippen LogP contribution in [0.4, 0.5) is 0 Å². The smallest absolute Gasteiger partial charge is 0.261 e. The minimum Gasteiger partial charge on any atom is -0.348 e. The van der Waals surface area contributed by atoms with Crippen LogP contribution in [0, 0.1) is 0 Å². The highest BCUT2D eigenvalue weighted by Crippen LogP contribution is 2.20. The van der Waals surface area contributed by atoms with E-state index in [0.717, 1.165) is 24.8 Å². The van der Waals surface area contributed by atoms with Gasteiger partial charge in [0.25, 0.3) is 5.56 Å². The van der Waals surface area contributed by atoms with E-state index in [1.807, 2.05) is 48.5 Å². The van der Waals surface area contributed by atoms with Crippen molar-refractivity contribution in [1.82, 2.24) is 25.1 Å². The quantitative estimate of drug-likeness (QED) is 0.475. The van der Waals surface area contributed by atoms with E-state index in [2.05, 4.69) is 32.5 Å². The molecule has 2 N–H and O–H groups in total. The Balaban J connectivity index is 1.44. The molecule has 0 saturated carbocycles. The van der Waals surface area contributed by atoms with Gasteiger partial charge in [0.05, 0.1) is 18.6 Å². The summed E-state index contributed by atoms with van der Waals surface area (Å²) in [5.74, 6) is -0.171. The van der Waals surface area contributed by atoms with Crippen LogP contribution in [0.2, 0.25) is 0 Å². The van der Waals surface area contributed by atoms with Crippen LogP contribution in [-0.2, 0) is 17.8 Å². The van der Waals surface area contributed by atoms with E-state index >= 15 is 0 Å². The summed E-state index contributed by atoms with van der Waals surface area (Å²) in [4.78, 5) is 31.2. The maximum Gasteiger partial charge on any atom is 0.261 e. The number of nitrogens with one attached hydrogen (secondary N) is 2. The molecule has 2 aromatic carbocycles. The molecule has 4 aromatic rings. The molecule has 0 radical (unpaired) electrons. The lowest BCUT2D eigenvalue weighted by molar-refractivity contribution is -0.122. The minimum absolute atomic E-state index is 0.00196. The number of aromatic amines is 1. The van der Waals surface area contributed by atoms with Crippen LogP contribution in [0.5, 0.6) is 0 Å². The number of carbonyl (C=O) groups is 1. The van der Waals surface area contributed by atoms with Gasteiger partial charge in [-0.25, -0.2) is 9.67 Å². The number of aromatic nitrogens is 4. The number of rotatable bonds is 8. The maximum absolute atomic E-state index is 12.8. The first-order chi connectivity index (χ1) is 14.7. The average molecular weight is 401 g/mol. The van der Waals surface area contributed by atoms with E-state index in [9.17, 15) is 9.59 Å².